The Kier molecular flexibility index (Phi) is 8.70. The second kappa shape index (κ2) is 11.7. The summed E-state index contributed by atoms with van der Waals surface area (Å²) in [5, 5.41) is 0.731. The lowest BCUT2D eigenvalue weighted by Gasteiger charge is -2.14. The van der Waals surface area contributed by atoms with Gasteiger partial charge in [0.05, 0.1) is 17.7 Å². The minimum absolute atomic E-state index is 0.00660. The summed E-state index contributed by atoms with van der Waals surface area (Å²) >= 11 is 6.04. The maximum absolute atomic E-state index is 13.2. The maximum atomic E-state index is 13.2. The van der Waals surface area contributed by atoms with Crippen molar-refractivity contribution in [3.05, 3.63) is 95.5 Å². The Bertz CT molecular complexity index is 1220. The fraction of sp³-hybridized carbons (Fsp3) is 0.185. The van der Waals surface area contributed by atoms with Crippen LogP contribution in [0.4, 0.5) is 5.69 Å². The number of rotatable bonds is 7. The zero-order valence-corrected chi connectivity index (χ0v) is 24.1. The van der Waals surface area contributed by atoms with Crippen LogP contribution < -0.4 is 4.74 Å². The summed E-state index contributed by atoms with van der Waals surface area (Å²) in [7, 11) is 0. The smallest absolute Gasteiger partial charge is 0.266 e. The zero-order chi connectivity index (χ0) is 24.1. The molecule has 0 N–H and O–H groups in total. The Hall–Kier alpha value is -1.85. The van der Waals surface area contributed by atoms with Gasteiger partial charge in [-0.1, -0.05) is 55.0 Å². The molecule has 1 fully saturated rings. The van der Waals surface area contributed by atoms with E-state index in [1.807, 2.05) is 48.5 Å². The van der Waals surface area contributed by atoms with Crippen LogP contribution in [-0.2, 0) is 11.4 Å². The first kappa shape index (κ1) is 25.2. The number of benzene rings is 3. The van der Waals surface area contributed by atoms with Gasteiger partial charge in [0.1, 0.15) is 12.4 Å². The van der Waals surface area contributed by atoms with Gasteiger partial charge in [0, 0.05) is 6.54 Å². The van der Waals surface area contributed by atoms with Crippen molar-refractivity contribution in [3.8, 4) is 5.75 Å². The monoisotopic (exact) mass is 694 g/mol. The van der Waals surface area contributed by atoms with Crippen molar-refractivity contribution in [1.82, 2.24) is 4.90 Å². The minimum Gasteiger partial charge on any atom is -0.487 e. The molecule has 1 aliphatic heterocycles. The summed E-state index contributed by atoms with van der Waals surface area (Å²) < 4.78 is 8.14. The van der Waals surface area contributed by atoms with E-state index in [9.17, 15) is 4.79 Å². The van der Waals surface area contributed by atoms with Gasteiger partial charge in [0.2, 0.25) is 0 Å². The molecular weight excluding hydrogens is 670 g/mol. The molecule has 1 amide bonds. The number of aryl methyl sites for hydroxylation is 1. The highest BCUT2D eigenvalue weighted by Gasteiger charge is 2.32. The van der Waals surface area contributed by atoms with Crippen LogP contribution in [-0.4, -0.2) is 22.5 Å². The number of halogens is 2. The first-order valence-electron chi connectivity index (χ1n) is 11.0. The van der Waals surface area contributed by atoms with Crippen molar-refractivity contribution in [2.45, 2.75) is 26.9 Å². The van der Waals surface area contributed by atoms with E-state index in [0.29, 0.717) is 18.1 Å². The van der Waals surface area contributed by atoms with Crippen LogP contribution in [0.3, 0.4) is 0 Å². The molecular formula is C27H24I2N2O2S. The van der Waals surface area contributed by atoms with Crippen molar-refractivity contribution in [2.75, 3.05) is 6.54 Å². The number of carbonyl (C=O) groups excluding carboxylic acids is 1. The van der Waals surface area contributed by atoms with Crippen molar-refractivity contribution in [2.24, 2.45) is 4.99 Å². The van der Waals surface area contributed by atoms with Crippen LogP contribution in [0.15, 0.2) is 76.6 Å². The largest absolute Gasteiger partial charge is 0.487 e. The van der Waals surface area contributed by atoms with E-state index in [1.54, 1.807) is 4.90 Å². The van der Waals surface area contributed by atoms with Crippen molar-refractivity contribution in [1.29, 1.82) is 0 Å². The molecule has 3 aromatic carbocycles. The van der Waals surface area contributed by atoms with Crippen molar-refractivity contribution >= 4 is 79.8 Å². The predicted octanol–water partition coefficient (Wildman–Crippen LogP) is 7.80. The number of thioether (sulfide) groups is 1. The number of amidine groups is 1. The molecule has 3 aromatic rings. The summed E-state index contributed by atoms with van der Waals surface area (Å²) in [5.41, 5.74) is 4.15. The molecule has 0 aliphatic carbocycles. The van der Waals surface area contributed by atoms with Crippen LogP contribution in [0, 0.1) is 14.1 Å². The molecule has 0 bridgehead atoms. The number of hydrogen-bond donors (Lipinski definition) is 0. The summed E-state index contributed by atoms with van der Waals surface area (Å²) in [6.45, 7) is 5.29. The van der Waals surface area contributed by atoms with Gasteiger partial charge in [-0.05, 0) is 112 Å². The van der Waals surface area contributed by atoms with E-state index in [2.05, 4.69) is 83.3 Å². The molecule has 1 saturated heterocycles. The second-order valence-electron chi connectivity index (χ2n) is 7.89. The van der Waals surface area contributed by atoms with E-state index in [1.165, 1.54) is 17.3 Å². The van der Waals surface area contributed by atoms with E-state index in [4.69, 9.17) is 9.73 Å². The number of carbonyl (C=O) groups is 1. The molecule has 4 nitrogen and oxygen atoms in total. The van der Waals surface area contributed by atoms with Gasteiger partial charge >= 0.3 is 0 Å². The average molecular weight is 694 g/mol. The molecule has 0 spiro atoms. The molecule has 1 aliphatic rings. The fourth-order valence-corrected chi connectivity index (χ4v) is 6.58. The highest BCUT2D eigenvalue weighted by molar-refractivity contribution is 14.1. The summed E-state index contributed by atoms with van der Waals surface area (Å²) in [5.74, 6) is 0.874. The Morgan fingerprint density at radius 1 is 1.03 bits per heavy atom. The Morgan fingerprint density at radius 3 is 2.35 bits per heavy atom. The average Bonchev–Trinajstić information content (AvgIpc) is 3.10. The Morgan fingerprint density at radius 2 is 1.71 bits per heavy atom. The van der Waals surface area contributed by atoms with Gasteiger partial charge in [-0.15, -0.1) is 0 Å². The summed E-state index contributed by atoms with van der Waals surface area (Å²) in [6.07, 6.45) is 2.83. The third-order valence-electron chi connectivity index (χ3n) is 5.14. The van der Waals surface area contributed by atoms with Crippen LogP contribution in [0.25, 0.3) is 6.08 Å². The zero-order valence-electron chi connectivity index (χ0n) is 18.9. The van der Waals surface area contributed by atoms with Crippen molar-refractivity contribution in [3.63, 3.8) is 0 Å². The van der Waals surface area contributed by atoms with E-state index in [-0.39, 0.29) is 5.91 Å². The molecule has 0 radical (unpaired) electrons. The molecule has 34 heavy (non-hydrogen) atoms. The van der Waals surface area contributed by atoms with Crippen molar-refractivity contribution < 1.29 is 9.53 Å². The van der Waals surface area contributed by atoms with E-state index >= 15 is 0 Å². The van der Waals surface area contributed by atoms with Gasteiger partial charge in [-0.2, -0.15) is 0 Å². The molecule has 1 heterocycles. The molecule has 0 atom stereocenters. The van der Waals surface area contributed by atoms with Crippen LogP contribution >= 0.6 is 56.9 Å². The van der Waals surface area contributed by atoms with Gasteiger partial charge < -0.3 is 4.74 Å². The van der Waals surface area contributed by atoms with Crippen LogP contribution in [0.2, 0.25) is 0 Å². The predicted molar refractivity (Wildman–Crippen MR) is 158 cm³/mol. The minimum atomic E-state index is 0.00660. The van der Waals surface area contributed by atoms with E-state index < -0.39 is 0 Å². The number of hydrogen-bond acceptors (Lipinski definition) is 4. The Balaban J connectivity index is 1.57. The molecule has 174 valence electrons. The van der Waals surface area contributed by atoms with Crippen LogP contribution in [0.1, 0.15) is 30.0 Å². The number of nitrogens with zero attached hydrogens (tertiary/aromatic N) is 2. The number of aliphatic imine (C=N–C) groups is 1. The normalized spacial score (nSPS) is 16.0. The maximum Gasteiger partial charge on any atom is 0.266 e. The van der Waals surface area contributed by atoms with Crippen LogP contribution in [0.5, 0.6) is 5.75 Å². The first-order valence-corrected chi connectivity index (χ1v) is 13.9. The lowest BCUT2D eigenvalue weighted by molar-refractivity contribution is -0.122. The van der Waals surface area contributed by atoms with Gasteiger partial charge in [0.15, 0.2) is 5.17 Å². The SMILES string of the molecule is CCCN1C(=O)/C(=C\c2cc(I)c(OCc3ccccc3)c(I)c2)SC1=Nc1ccc(C)cc1. The molecule has 4 rings (SSSR count). The second-order valence-corrected chi connectivity index (χ2v) is 11.2. The van der Waals surface area contributed by atoms with Gasteiger partial charge in [-0.25, -0.2) is 4.99 Å². The molecule has 0 saturated carbocycles. The highest BCUT2D eigenvalue weighted by Crippen LogP contribution is 2.36. The summed E-state index contributed by atoms with van der Waals surface area (Å²) in [4.78, 5) is 20.4. The molecule has 7 heteroatoms. The highest BCUT2D eigenvalue weighted by atomic mass is 127. The summed E-state index contributed by atoms with van der Waals surface area (Å²) in [6, 6.07) is 22.3. The van der Waals surface area contributed by atoms with E-state index in [0.717, 1.165) is 41.3 Å². The first-order chi connectivity index (χ1) is 16.4. The van der Waals surface area contributed by atoms with Gasteiger partial charge in [0.25, 0.3) is 5.91 Å². The quantitative estimate of drug-likeness (QED) is 0.187. The fourth-order valence-electron chi connectivity index (χ4n) is 3.42. The molecule has 0 aromatic heterocycles. The molecule has 0 unspecified atom stereocenters. The topological polar surface area (TPSA) is 41.9 Å². The third kappa shape index (κ3) is 6.23. The number of amides is 1. The standard InChI is InChI=1S/C27H24I2N2O2S/c1-3-13-31-26(32)24(34-27(31)30-21-11-9-18(2)10-12-21)16-20-14-22(28)25(23(29)15-20)33-17-19-7-5-4-6-8-19/h4-12,14-16H,3,13,17H2,1-2H3/b24-16+,30-27?. The lowest BCUT2D eigenvalue weighted by atomic mass is 10.2. The lowest BCUT2D eigenvalue weighted by Crippen LogP contribution is -2.29. The number of ether oxygens (including phenoxy) is 1. The van der Waals surface area contributed by atoms with Gasteiger partial charge in [-0.3, -0.25) is 9.69 Å². The third-order valence-corrected chi connectivity index (χ3v) is 7.75. The Labute approximate surface area is 232 Å².